The minimum atomic E-state index is -0.297. The van der Waals surface area contributed by atoms with Crippen molar-refractivity contribution in [3.05, 3.63) is 30.3 Å². The van der Waals surface area contributed by atoms with E-state index in [2.05, 4.69) is 0 Å². The van der Waals surface area contributed by atoms with E-state index >= 15 is 0 Å². The third kappa shape index (κ3) is 2.62. The molecule has 1 aliphatic heterocycles. The molecule has 1 aliphatic rings. The van der Waals surface area contributed by atoms with Crippen molar-refractivity contribution >= 4 is 18.1 Å². The summed E-state index contributed by atoms with van der Waals surface area (Å²) in [6, 6.07) is 8.58. The van der Waals surface area contributed by atoms with Crippen molar-refractivity contribution in [2.75, 3.05) is 31.2 Å². The molecule has 0 aromatic heterocycles. The quantitative estimate of drug-likeness (QED) is 0.720. The van der Waals surface area contributed by atoms with Crippen LogP contribution in [0.3, 0.4) is 0 Å². The first-order chi connectivity index (χ1) is 8.33. The fraction of sp³-hybridized carbons (Fsp3) is 0.333. The molecule has 5 nitrogen and oxygen atoms in total. The van der Waals surface area contributed by atoms with Crippen molar-refractivity contribution < 1.29 is 14.3 Å². The van der Waals surface area contributed by atoms with Crippen molar-refractivity contribution in [3.63, 3.8) is 0 Å². The molecule has 90 valence electrons. The number of ether oxygens (including phenoxy) is 1. The predicted molar refractivity (Wildman–Crippen MR) is 62.8 cm³/mol. The lowest BCUT2D eigenvalue weighted by Crippen LogP contribution is -2.47. The number of benzene rings is 1. The predicted octanol–water partition coefficient (Wildman–Crippen LogP) is 1.10. The molecular formula is C12H14N2O3. The number of hydrogen-bond donors (Lipinski definition) is 0. The number of para-hydroxylation sites is 1. The fourth-order valence-electron chi connectivity index (χ4n) is 1.71. The number of carbonyl (C=O) groups is 2. The lowest BCUT2D eigenvalue weighted by atomic mass is 10.3. The maximum atomic E-state index is 12.1. The topological polar surface area (TPSA) is 49.9 Å². The molecule has 1 aromatic rings. The molecule has 0 saturated carbocycles. The molecule has 0 spiro atoms. The van der Waals surface area contributed by atoms with Gasteiger partial charge in [0.05, 0.1) is 18.9 Å². The Morgan fingerprint density at radius 2 is 1.88 bits per heavy atom. The van der Waals surface area contributed by atoms with E-state index in [4.69, 9.17) is 4.74 Å². The van der Waals surface area contributed by atoms with E-state index in [1.54, 1.807) is 29.2 Å². The highest BCUT2D eigenvalue weighted by molar-refractivity contribution is 6.05. The van der Waals surface area contributed by atoms with Gasteiger partial charge in [-0.2, -0.15) is 0 Å². The molecule has 1 fully saturated rings. The first-order valence-electron chi connectivity index (χ1n) is 5.49. The number of rotatable bonds is 2. The minimum absolute atomic E-state index is 0.297. The van der Waals surface area contributed by atoms with Crippen molar-refractivity contribution in [2.24, 2.45) is 0 Å². The molecule has 1 heterocycles. The summed E-state index contributed by atoms with van der Waals surface area (Å²) < 4.78 is 5.17. The Morgan fingerprint density at radius 3 is 2.47 bits per heavy atom. The van der Waals surface area contributed by atoms with Crippen molar-refractivity contribution in [1.29, 1.82) is 0 Å². The van der Waals surface area contributed by atoms with Crippen LogP contribution in [-0.2, 0) is 9.53 Å². The summed E-state index contributed by atoms with van der Waals surface area (Å²) >= 11 is 0. The Bertz CT molecular complexity index is 388. The van der Waals surface area contributed by atoms with Crippen LogP contribution in [0.2, 0.25) is 0 Å². The van der Waals surface area contributed by atoms with E-state index in [-0.39, 0.29) is 6.03 Å². The Kier molecular flexibility index (Phi) is 3.72. The molecular weight excluding hydrogens is 220 g/mol. The van der Waals surface area contributed by atoms with Crippen LogP contribution >= 0.6 is 0 Å². The second-order valence-corrected chi connectivity index (χ2v) is 3.69. The molecule has 2 rings (SSSR count). The van der Waals surface area contributed by atoms with Gasteiger partial charge in [-0.3, -0.25) is 4.79 Å². The highest BCUT2D eigenvalue weighted by atomic mass is 16.5. The lowest BCUT2D eigenvalue weighted by Gasteiger charge is -2.30. The molecule has 0 unspecified atom stereocenters. The summed E-state index contributed by atoms with van der Waals surface area (Å²) in [7, 11) is 0. The lowest BCUT2D eigenvalue weighted by molar-refractivity contribution is -0.107. The number of morpholine rings is 1. The number of nitrogens with zero attached hydrogens (tertiary/aromatic N) is 2. The number of imide groups is 1. The maximum Gasteiger partial charge on any atom is 0.331 e. The molecule has 0 N–H and O–H groups in total. The number of carbonyl (C=O) groups excluding carboxylic acids is 2. The first-order valence-corrected chi connectivity index (χ1v) is 5.49. The van der Waals surface area contributed by atoms with Crippen LogP contribution in [0, 0.1) is 0 Å². The molecule has 0 radical (unpaired) electrons. The maximum absolute atomic E-state index is 12.1. The third-order valence-electron chi connectivity index (χ3n) is 2.63. The zero-order valence-electron chi connectivity index (χ0n) is 9.41. The van der Waals surface area contributed by atoms with Crippen LogP contribution in [0.15, 0.2) is 30.3 Å². The second-order valence-electron chi connectivity index (χ2n) is 3.69. The largest absolute Gasteiger partial charge is 0.378 e. The highest BCUT2D eigenvalue weighted by Crippen LogP contribution is 2.14. The fourth-order valence-corrected chi connectivity index (χ4v) is 1.71. The summed E-state index contributed by atoms with van der Waals surface area (Å²) in [6.07, 6.45) is 0.549. The summed E-state index contributed by atoms with van der Waals surface area (Å²) in [4.78, 5) is 25.9. The smallest absolute Gasteiger partial charge is 0.331 e. The van der Waals surface area contributed by atoms with Gasteiger partial charge in [-0.25, -0.2) is 9.69 Å². The van der Waals surface area contributed by atoms with Crippen LogP contribution in [0.1, 0.15) is 0 Å². The Balaban J connectivity index is 2.12. The van der Waals surface area contributed by atoms with Gasteiger partial charge in [-0.1, -0.05) is 18.2 Å². The zero-order valence-corrected chi connectivity index (χ0v) is 9.41. The minimum Gasteiger partial charge on any atom is -0.378 e. The van der Waals surface area contributed by atoms with Crippen molar-refractivity contribution in [1.82, 2.24) is 4.90 Å². The van der Waals surface area contributed by atoms with Gasteiger partial charge in [-0.15, -0.1) is 0 Å². The average molecular weight is 234 g/mol. The van der Waals surface area contributed by atoms with Crippen molar-refractivity contribution in [2.45, 2.75) is 0 Å². The van der Waals surface area contributed by atoms with Crippen LogP contribution in [-0.4, -0.2) is 43.6 Å². The number of urea groups is 1. The Labute approximate surface area is 99.6 Å². The monoisotopic (exact) mass is 234 g/mol. The van der Waals surface area contributed by atoms with Crippen molar-refractivity contribution in [3.8, 4) is 0 Å². The SMILES string of the molecule is O=CN(C(=O)N1CCOCC1)c1ccccc1. The number of anilines is 1. The van der Waals surface area contributed by atoms with E-state index in [0.29, 0.717) is 38.4 Å². The van der Waals surface area contributed by atoms with E-state index < -0.39 is 0 Å². The summed E-state index contributed by atoms with van der Waals surface area (Å²) in [5.41, 5.74) is 0.582. The molecule has 0 atom stereocenters. The number of amides is 3. The van der Waals surface area contributed by atoms with Crippen LogP contribution in [0.25, 0.3) is 0 Å². The average Bonchev–Trinajstić information content (AvgIpc) is 2.42. The molecule has 3 amide bonds. The molecule has 1 saturated heterocycles. The van der Waals surface area contributed by atoms with Crippen LogP contribution in [0.5, 0.6) is 0 Å². The third-order valence-corrected chi connectivity index (χ3v) is 2.63. The van der Waals surface area contributed by atoms with Crippen LogP contribution < -0.4 is 4.90 Å². The Hall–Kier alpha value is -1.88. The van der Waals surface area contributed by atoms with Gasteiger partial charge in [0.1, 0.15) is 0 Å². The molecule has 0 aliphatic carbocycles. The van der Waals surface area contributed by atoms with Gasteiger partial charge < -0.3 is 9.64 Å². The molecule has 5 heteroatoms. The van der Waals surface area contributed by atoms with Gasteiger partial charge in [0, 0.05) is 13.1 Å². The summed E-state index contributed by atoms with van der Waals surface area (Å²) in [5.74, 6) is 0. The summed E-state index contributed by atoms with van der Waals surface area (Å²) in [5, 5.41) is 0. The van der Waals surface area contributed by atoms with E-state index in [1.807, 2.05) is 6.07 Å². The van der Waals surface area contributed by atoms with E-state index in [1.165, 1.54) is 0 Å². The van der Waals surface area contributed by atoms with E-state index in [0.717, 1.165) is 4.90 Å². The normalized spacial score (nSPS) is 15.4. The van der Waals surface area contributed by atoms with Gasteiger partial charge in [0.25, 0.3) is 0 Å². The second kappa shape index (κ2) is 5.45. The molecule has 17 heavy (non-hydrogen) atoms. The van der Waals surface area contributed by atoms with Gasteiger partial charge in [0.15, 0.2) is 0 Å². The van der Waals surface area contributed by atoms with Crippen LogP contribution in [0.4, 0.5) is 10.5 Å². The Morgan fingerprint density at radius 1 is 1.24 bits per heavy atom. The standard InChI is InChI=1S/C12H14N2O3/c15-10-14(11-4-2-1-3-5-11)12(16)13-6-8-17-9-7-13/h1-5,10H,6-9H2. The highest BCUT2D eigenvalue weighted by Gasteiger charge is 2.23. The van der Waals surface area contributed by atoms with Gasteiger partial charge >= 0.3 is 6.03 Å². The molecule has 0 bridgehead atoms. The number of hydrogen-bond acceptors (Lipinski definition) is 3. The molecule has 1 aromatic carbocycles. The van der Waals surface area contributed by atoms with Gasteiger partial charge in [-0.05, 0) is 12.1 Å². The summed E-state index contributed by atoms with van der Waals surface area (Å²) in [6.45, 7) is 2.09. The van der Waals surface area contributed by atoms with E-state index in [9.17, 15) is 9.59 Å². The first kappa shape index (κ1) is 11.6. The van der Waals surface area contributed by atoms with Gasteiger partial charge in [0.2, 0.25) is 6.41 Å². The zero-order chi connectivity index (χ0) is 12.1.